The first-order chi connectivity index (χ1) is 6.65. The predicted octanol–water partition coefficient (Wildman–Crippen LogP) is -0.501. The van der Waals surface area contributed by atoms with E-state index in [9.17, 15) is 9.59 Å². The number of esters is 1. The van der Waals surface area contributed by atoms with E-state index in [4.69, 9.17) is 5.73 Å². The second kappa shape index (κ2) is 4.95. The lowest BCUT2D eigenvalue weighted by Gasteiger charge is -2.20. The molecule has 0 aliphatic carbocycles. The maximum absolute atomic E-state index is 11.0. The minimum atomic E-state index is -0.299. The fraction of sp³-hybridized carbons (Fsp3) is 0.778. The second-order valence-corrected chi connectivity index (χ2v) is 3.42. The van der Waals surface area contributed by atoms with Crippen molar-refractivity contribution in [2.45, 2.75) is 25.3 Å². The van der Waals surface area contributed by atoms with Crippen molar-refractivity contribution in [2.75, 3.05) is 20.2 Å². The van der Waals surface area contributed by atoms with Gasteiger partial charge in [0.05, 0.1) is 19.6 Å². The van der Waals surface area contributed by atoms with E-state index in [1.54, 1.807) is 0 Å². The Labute approximate surface area is 83.2 Å². The van der Waals surface area contributed by atoms with Gasteiger partial charge in [0.15, 0.2) is 0 Å². The molecule has 0 radical (unpaired) electrons. The first kappa shape index (κ1) is 11.0. The SMILES string of the molecule is COC(=O)CCN1CCCC1C(N)=O. The van der Waals surface area contributed by atoms with Crippen LogP contribution in [-0.2, 0) is 14.3 Å². The molecule has 0 aromatic carbocycles. The van der Waals surface area contributed by atoms with Crippen LogP contribution >= 0.6 is 0 Å². The van der Waals surface area contributed by atoms with Crippen molar-refractivity contribution in [2.24, 2.45) is 5.73 Å². The monoisotopic (exact) mass is 200 g/mol. The van der Waals surface area contributed by atoms with E-state index in [2.05, 4.69) is 4.74 Å². The number of hydrogen-bond acceptors (Lipinski definition) is 4. The molecule has 0 aromatic heterocycles. The Morgan fingerprint density at radius 2 is 2.29 bits per heavy atom. The minimum Gasteiger partial charge on any atom is -0.469 e. The lowest BCUT2D eigenvalue weighted by Crippen LogP contribution is -2.41. The molecule has 1 saturated heterocycles. The van der Waals surface area contributed by atoms with Gasteiger partial charge in [-0.1, -0.05) is 0 Å². The summed E-state index contributed by atoms with van der Waals surface area (Å²) in [4.78, 5) is 23.8. The van der Waals surface area contributed by atoms with Crippen molar-refractivity contribution in [3.05, 3.63) is 0 Å². The maximum Gasteiger partial charge on any atom is 0.306 e. The van der Waals surface area contributed by atoms with Gasteiger partial charge in [-0.3, -0.25) is 14.5 Å². The zero-order valence-corrected chi connectivity index (χ0v) is 8.36. The van der Waals surface area contributed by atoms with E-state index in [0.29, 0.717) is 13.0 Å². The lowest BCUT2D eigenvalue weighted by atomic mass is 10.2. The highest BCUT2D eigenvalue weighted by atomic mass is 16.5. The molecule has 1 unspecified atom stereocenters. The summed E-state index contributed by atoms with van der Waals surface area (Å²) in [5, 5.41) is 0. The molecule has 1 fully saturated rings. The largest absolute Gasteiger partial charge is 0.469 e. The smallest absolute Gasteiger partial charge is 0.306 e. The average molecular weight is 200 g/mol. The molecule has 0 aromatic rings. The molecule has 2 N–H and O–H groups in total. The third-order valence-corrected chi connectivity index (χ3v) is 2.52. The standard InChI is InChI=1S/C9H16N2O3/c1-14-8(12)4-6-11-5-2-3-7(11)9(10)13/h7H,2-6H2,1H3,(H2,10,13). The van der Waals surface area contributed by atoms with Crippen molar-refractivity contribution < 1.29 is 14.3 Å². The Balaban J connectivity index is 2.36. The van der Waals surface area contributed by atoms with Gasteiger partial charge in [0.1, 0.15) is 0 Å². The number of nitrogens with two attached hydrogens (primary N) is 1. The number of nitrogens with zero attached hydrogens (tertiary/aromatic N) is 1. The van der Waals surface area contributed by atoms with Crippen LogP contribution in [0.25, 0.3) is 0 Å². The van der Waals surface area contributed by atoms with Gasteiger partial charge in [-0.25, -0.2) is 0 Å². The quantitative estimate of drug-likeness (QED) is 0.621. The van der Waals surface area contributed by atoms with Crippen LogP contribution in [-0.4, -0.2) is 43.0 Å². The molecule has 5 nitrogen and oxygen atoms in total. The summed E-state index contributed by atoms with van der Waals surface area (Å²) in [5.74, 6) is -0.549. The van der Waals surface area contributed by atoms with E-state index < -0.39 is 0 Å². The summed E-state index contributed by atoms with van der Waals surface area (Å²) in [6, 6.07) is -0.195. The molecule has 1 atom stereocenters. The van der Waals surface area contributed by atoms with Gasteiger partial charge < -0.3 is 10.5 Å². The molecule has 1 rings (SSSR count). The van der Waals surface area contributed by atoms with Crippen LogP contribution in [0.4, 0.5) is 0 Å². The summed E-state index contributed by atoms with van der Waals surface area (Å²) in [7, 11) is 1.36. The molecule has 5 heteroatoms. The van der Waals surface area contributed by atoms with E-state index >= 15 is 0 Å². The van der Waals surface area contributed by atoms with Crippen LogP contribution in [0.15, 0.2) is 0 Å². The number of likely N-dealkylation sites (tertiary alicyclic amines) is 1. The number of carbonyl (C=O) groups excluding carboxylic acids is 2. The predicted molar refractivity (Wildman–Crippen MR) is 50.4 cm³/mol. The first-order valence-electron chi connectivity index (χ1n) is 4.75. The van der Waals surface area contributed by atoms with Crippen LogP contribution in [0.3, 0.4) is 0 Å². The van der Waals surface area contributed by atoms with Crippen LogP contribution in [0.2, 0.25) is 0 Å². The molecular weight excluding hydrogens is 184 g/mol. The topological polar surface area (TPSA) is 72.6 Å². The molecule has 1 heterocycles. The first-order valence-corrected chi connectivity index (χ1v) is 4.75. The van der Waals surface area contributed by atoms with Gasteiger partial charge in [-0.05, 0) is 19.4 Å². The van der Waals surface area contributed by atoms with Gasteiger partial charge in [-0.2, -0.15) is 0 Å². The Hall–Kier alpha value is -1.10. The van der Waals surface area contributed by atoms with Crippen LogP contribution < -0.4 is 5.73 Å². The van der Waals surface area contributed by atoms with E-state index in [1.807, 2.05) is 4.90 Å². The maximum atomic E-state index is 11.0. The van der Waals surface area contributed by atoms with E-state index in [1.165, 1.54) is 7.11 Å². The van der Waals surface area contributed by atoms with Crippen molar-refractivity contribution in [3.8, 4) is 0 Å². The van der Waals surface area contributed by atoms with Gasteiger partial charge in [0, 0.05) is 6.54 Å². The third kappa shape index (κ3) is 2.70. The molecule has 0 saturated carbocycles. The summed E-state index contributed by atoms with van der Waals surface area (Å²) in [6.45, 7) is 1.39. The van der Waals surface area contributed by atoms with Crippen molar-refractivity contribution in [1.82, 2.24) is 4.90 Å². The summed E-state index contributed by atoms with van der Waals surface area (Å²) in [5.41, 5.74) is 5.23. The molecule has 80 valence electrons. The molecular formula is C9H16N2O3. The van der Waals surface area contributed by atoms with Crippen molar-refractivity contribution in [1.29, 1.82) is 0 Å². The summed E-state index contributed by atoms with van der Waals surface area (Å²) >= 11 is 0. The Kier molecular flexibility index (Phi) is 3.88. The lowest BCUT2D eigenvalue weighted by molar-refractivity contribution is -0.141. The Morgan fingerprint density at radius 1 is 1.57 bits per heavy atom. The molecule has 1 aliphatic heterocycles. The Bertz CT molecular complexity index is 230. The highest BCUT2D eigenvalue weighted by molar-refractivity contribution is 5.80. The zero-order valence-electron chi connectivity index (χ0n) is 8.36. The van der Waals surface area contributed by atoms with Crippen LogP contribution in [0.5, 0.6) is 0 Å². The van der Waals surface area contributed by atoms with E-state index in [-0.39, 0.29) is 17.9 Å². The number of ether oxygens (including phenoxy) is 1. The molecule has 1 amide bonds. The number of rotatable bonds is 4. The molecule has 0 spiro atoms. The fourth-order valence-electron chi connectivity index (χ4n) is 1.75. The number of methoxy groups -OCH3 is 1. The highest BCUT2D eigenvalue weighted by Crippen LogP contribution is 2.16. The number of primary amides is 1. The zero-order chi connectivity index (χ0) is 10.6. The number of hydrogen-bond donors (Lipinski definition) is 1. The number of carbonyl (C=O) groups is 2. The summed E-state index contributed by atoms with van der Waals surface area (Å²) in [6.07, 6.45) is 2.09. The third-order valence-electron chi connectivity index (χ3n) is 2.52. The van der Waals surface area contributed by atoms with Crippen LogP contribution in [0, 0.1) is 0 Å². The van der Waals surface area contributed by atoms with E-state index in [0.717, 1.165) is 19.4 Å². The minimum absolute atomic E-state index is 0.195. The van der Waals surface area contributed by atoms with Gasteiger partial charge >= 0.3 is 5.97 Å². The van der Waals surface area contributed by atoms with Crippen molar-refractivity contribution >= 4 is 11.9 Å². The molecule has 1 aliphatic rings. The van der Waals surface area contributed by atoms with Gasteiger partial charge in [-0.15, -0.1) is 0 Å². The average Bonchev–Trinajstić information content (AvgIpc) is 2.62. The van der Waals surface area contributed by atoms with Gasteiger partial charge in [0.25, 0.3) is 0 Å². The highest BCUT2D eigenvalue weighted by Gasteiger charge is 2.28. The molecule has 14 heavy (non-hydrogen) atoms. The van der Waals surface area contributed by atoms with Gasteiger partial charge in [0.2, 0.25) is 5.91 Å². The fourth-order valence-corrected chi connectivity index (χ4v) is 1.75. The second-order valence-electron chi connectivity index (χ2n) is 3.42. The number of amides is 1. The normalized spacial score (nSPS) is 22.2. The summed E-state index contributed by atoms with van der Waals surface area (Å²) < 4.78 is 4.52. The Morgan fingerprint density at radius 3 is 2.86 bits per heavy atom. The molecule has 0 bridgehead atoms. The van der Waals surface area contributed by atoms with Crippen LogP contribution in [0.1, 0.15) is 19.3 Å². The van der Waals surface area contributed by atoms with Crippen molar-refractivity contribution in [3.63, 3.8) is 0 Å².